The van der Waals surface area contributed by atoms with E-state index in [1.807, 2.05) is 11.8 Å². The number of nitrogens with zero attached hydrogens (tertiary/aromatic N) is 1. The van der Waals surface area contributed by atoms with Gasteiger partial charge in [-0.2, -0.15) is 13.2 Å². The summed E-state index contributed by atoms with van der Waals surface area (Å²) in [5, 5.41) is 10.5. The molecule has 1 spiro atoms. The Bertz CT molecular complexity index is 470. The molecule has 0 radical (unpaired) electrons. The van der Waals surface area contributed by atoms with Crippen molar-refractivity contribution >= 4 is 11.9 Å². The van der Waals surface area contributed by atoms with Crippen LogP contribution in [0.15, 0.2) is 0 Å². The third-order valence-corrected chi connectivity index (χ3v) is 4.42. The number of rotatable bonds is 1. The number of piperidine rings is 1. The van der Waals surface area contributed by atoms with Crippen molar-refractivity contribution < 1.29 is 32.6 Å². The molecule has 0 aromatic carbocycles. The Balaban J connectivity index is 0.000000351. The minimum atomic E-state index is -5.08. The molecule has 2 heterocycles. The van der Waals surface area contributed by atoms with Crippen LogP contribution in [0.2, 0.25) is 0 Å². The van der Waals surface area contributed by atoms with Crippen LogP contribution in [0.3, 0.4) is 0 Å². The Morgan fingerprint density at radius 1 is 1.42 bits per heavy atom. The Kier molecular flexibility index (Phi) is 6.63. The number of ether oxygens (including phenoxy) is 1. The zero-order valence-corrected chi connectivity index (χ0v) is 14.3. The maximum Gasteiger partial charge on any atom is 0.490 e. The molecule has 24 heavy (non-hydrogen) atoms. The number of morpholine rings is 1. The summed E-state index contributed by atoms with van der Waals surface area (Å²) in [7, 11) is 0. The average Bonchev–Trinajstić information content (AvgIpc) is 2.45. The number of hydrogen-bond acceptors (Lipinski definition) is 4. The van der Waals surface area contributed by atoms with Crippen molar-refractivity contribution in [3.63, 3.8) is 0 Å². The van der Waals surface area contributed by atoms with E-state index in [4.69, 9.17) is 14.6 Å². The fourth-order valence-electron chi connectivity index (χ4n) is 2.94. The van der Waals surface area contributed by atoms with Gasteiger partial charge < -0.3 is 20.1 Å². The summed E-state index contributed by atoms with van der Waals surface area (Å²) >= 11 is 0. The molecule has 2 N–H and O–H groups in total. The van der Waals surface area contributed by atoms with Gasteiger partial charge in [-0.15, -0.1) is 0 Å². The van der Waals surface area contributed by atoms with Gasteiger partial charge in [-0.25, -0.2) is 4.79 Å². The standard InChI is InChI=1S/C13H24N2O2.C2HF3O2/c1-9(2)15-8-13(17-11(4)12(15)16)5-6-14-7-10(13)3;3-2(4,5)1(6)7/h9-11,14H,5-8H2,1-4H3;(H,6,7)/t10-,11-,13-;/m1./s1. The molecule has 0 bridgehead atoms. The van der Waals surface area contributed by atoms with Crippen molar-refractivity contribution in [2.45, 2.75) is 58.0 Å². The van der Waals surface area contributed by atoms with Gasteiger partial charge in [-0.05, 0) is 39.7 Å². The number of aliphatic carboxylic acids is 1. The fourth-order valence-corrected chi connectivity index (χ4v) is 2.94. The van der Waals surface area contributed by atoms with Gasteiger partial charge in [0.25, 0.3) is 5.91 Å². The highest BCUT2D eigenvalue weighted by molar-refractivity contribution is 5.81. The predicted molar refractivity (Wildman–Crippen MR) is 80.5 cm³/mol. The molecule has 0 saturated carbocycles. The SMILES string of the molecule is CC(C)N1C[C@@]2(CCNC[C@H]2C)O[C@H](C)C1=O.O=C(O)C(F)(F)F. The highest BCUT2D eigenvalue weighted by Crippen LogP contribution is 2.35. The van der Waals surface area contributed by atoms with Gasteiger partial charge in [-0.3, -0.25) is 4.79 Å². The molecular weight excluding hydrogens is 329 g/mol. The first kappa shape index (κ1) is 20.7. The Morgan fingerprint density at radius 2 is 1.96 bits per heavy atom. The van der Waals surface area contributed by atoms with Crippen molar-refractivity contribution in [3.05, 3.63) is 0 Å². The minimum Gasteiger partial charge on any atom is -0.475 e. The van der Waals surface area contributed by atoms with Gasteiger partial charge in [0.1, 0.15) is 6.10 Å². The summed E-state index contributed by atoms with van der Waals surface area (Å²) in [5.41, 5.74) is -0.136. The molecule has 9 heteroatoms. The van der Waals surface area contributed by atoms with Gasteiger partial charge >= 0.3 is 12.1 Å². The van der Waals surface area contributed by atoms with Crippen LogP contribution < -0.4 is 5.32 Å². The van der Waals surface area contributed by atoms with E-state index < -0.39 is 12.1 Å². The lowest BCUT2D eigenvalue weighted by molar-refractivity contribution is -0.199. The Hall–Kier alpha value is -1.35. The first-order valence-electron chi connectivity index (χ1n) is 7.90. The van der Waals surface area contributed by atoms with E-state index in [0.717, 1.165) is 26.1 Å². The quantitative estimate of drug-likeness (QED) is 0.749. The van der Waals surface area contributed by atoms with E-state index in [1.54, 1.807) is 0 Å². The van der Waals surface area contributed by atoms with Crippen LogP contribution >= 0.6 is 0 Å². The van der Waals surface area contributed by atoms with Crippen molar-refractivity contribution in [3.8, 4) is 0 Å². The molecule has 0 aliphatic carbocycles. The van der Waals surface area contributed by atoms with Crippen LogP contribution in [0.5, 0.6) is 0 Å². The van der Waals surface area contributed by atoms with Crippen LogP contribution in [0.1, 0.15) is 34.1 Å². The summed E-state index contributed by atoms with van der Waals surface area (Å²) in [6.07, 6.45) is -4.39. The van der Waals surface area contributed by atoms with Gasteiger partial charge in [0.15, 0.2) is 0 Å². The van der Waals surface area contributed by atoms with Crippen molar-refractivity contribution in [1.82, 2.24) is 10.2 Å². The average molecular weight is 354 g/mol. The maximum atomic E-state index is 12.1. The van der Waals surface area contributed by atoms with Gasteiger partial charge in [0.05, 0.1) is 12.1 Å². The third-order valence-electron chi connectivity index (χ3n) is 4.42. The number of alkyl halides is 3. The zero-order chi connectivity index (χ0) is 18.7. The molecule has 2 fully saturated rings. The lowest BCUT2D eigenvalue weighted by atomic mass is 9.80. The molecular formula is C15H25F3N2O4. The first-order valence-corrected chi connectivity index (χ1v) is 7.90. The first-order chi connectivity index (χ1) is 10.9. The van der Waals surface area contributed by atoms with Crippen molar-refractivity contribution in [2.75, 3.05) is 19.6 Å². The van der Waals surface area contributed by atoms with Crippen LogP contribution in [-0.2, 0) is 14.3 Å². The number of carboxylic acids is 1. The minimum absolute atomic E-state index is 0.136. The summed E-state index contributed by atoms with van der Waals surface area (Å²) in [4.78, 5) is 23.0. The number of hydrogen-bond donors (Lipinski definition) is 2. The third kappa shape index (κ3) is 4.83. The molecule has 2 aliphatic heterocycles. The number of halogens is 3. The molecule has 2 saturated heterocycles. The molecule has 3 atom stereocenters. The zero-order valence-electron chi connectivity index (χ0n) is 14.3. The fraction of sp³-hybridized carbons (Fsp3) is 0.867. The summed E-state index contributed by atoms with van der Waals surface area (Å²) in [5.74, 6) is -2.17. The lowest BCUT2D eigenvalue weighted by Gasteiger charge is -2.51. The molecule has 1 amide bonds. The van der Waals surface area contributed by atoms with E-state index in [0.29, 0.717) is 5.92 Å². The van der Waals surface area contributed by atoms with Crippen LogP contribution in [-0.4, -0.2) is 65.4 Å². The molecule has 0 aromatic heterocycles. The number of carboxylic acid groups (broad SMARTS) is 1. The normalized spacial score (nSPS) is 31.0. The second-order valence-corrected chi connectivity index (χ2v) is 6.54. The number of amides is 1. The lowest BCUT2D eigenvalue weighted by Crippen LogP contribution is -2.65. The highest BCUT2D eigenvalue weighted by Gasteiger charge is 2.48. The summed E-state index contributed by atoms with van der Waals surface area (Å²) < 4.78 is 37.8. The van der Waals surface area contributed by atoms with E-state index in [9.17, 15) is 18.0 Å². The van der Waals surface area contributed by atoms with Crippen LogP contribution in [0, 0.1) is 5.92 Å². The van der Waals surface area contributed by atoms with Crippen LogP contribution in [0.4, 0.5) is 13.2 Å². The van der Waals surface area contributed by atoms with Gasteiger partial charge in [0, 0.05) is 12.6 Å². The topological polar surface area (TPSA) is 78.9 Å². The smallest absolute Gasteiger partial charge is 0.475 e. The van der Waals surface area contributed by atoms with Crippen LogP contribution in [0.25, 0.3) is 0 Å². The summed E-state index contributed by atoms with van der Waals surface area (Å²) in [6.45, 7) is 11.0. The number of carbonyl (C=O) groups is 2. The Morgan fingerprint density at radius 3 is 2.38 bits per heavy atom. The second-order valence-electron chi connectivity index (χ2n) is 6.54. The Labute approximate surface area is 139 Å². The molecule has 2 aliphatic rings. The molecule has 2 rings (SSSR count). The highest BCUT2D eigenvalue weighted by atomic mass is 19.4. The van der Waals surface area contributed by atoms with E-state index in [2.05, 4.69) is 26.1 Å². The molecule has 0 aromatic rings. The van der Waals surface area contributed by atoms with E-state index in [1.165, 1.54) is 0 Å². The monoisotopic (exact) mass is 354 g/mol. The van der Waals surface area contributed by atoms with E-state index >= 15 is 0 Å². The second kappa shape index (κ2) is 7.69. The van der Waals surface area contributed by atoms with Crippen molar-refractivity contribution in [2.24, 2.45) is 5.92 Å². The molecule has 140 valence electrons. The summed E-state index contributed by atoms with van der Waals surface area (Å²) in [6, 6.07) is 0.257. The maximum absolute atomic E-state index is 12.1. The number of carbonyl (C=O) groups excluding carboxylic acids is 1. The molecule has 0 unspecified atom stereocenters. The van der Waals surface area contributed by atoms with Gasteiger partial charge in [-0.1, -0.05) is 6.92 Å². The molecule has 6 nitrogen and oxygen atoms in total. The number of nitrogens with one attached hydrogen (secondary N) is 1. The van der Waals surface area contributed by atoms with Crippen molar-refractivity contribution in [1.29, 1.82) is 0 Å². The largest absolute Gasteiger partial charge is 0.490 e. The van der Waals surface area contributed by atoms with E-state index in [-0.39, 0.29) is 23.7 Å². The predicted octanol–water partition coefficient (Wildman–Crippen LogP) is 1.64. The van der Waals surface area contributed by atoms with Gasteiger partial charge in [0.2, 0.25) is 0 Å².